The number of hydrogen-bond donors (Lipinski definition) is 1. The highest BCUT2D eigenvalue weighted by Crippen LogP contribution is 2.22. The number of anilines is 1. The van der Waals surface area contributed by atoms with Gasteiger partial charge in [0.15, 0.2) is 5.82 Å². The van der Waals surface area contributed by atoms with Gasteiger partial charge in [-0.05, 0) is 46.2 Å². The van der Waals surface area contributed by atoms with Crippen molar-refractivity contribution in [1.29, 1.82) is 0 Å². The standard InChI is InChI=1S/C23H21N5O2/c1-16(2)17-10-12-19(13-11-17)24-23(29)21(15-20-9-6-14-30-20)28-22(25-26-27-28)18-7-4-3-5-8-18/h3-16H,1-2H3,(H,24,29). The number of benzene rings is 2. The van der Waals surface area contributed by atoms with Crippen LogP contribution >= 0.6 is 0 Å². The summed E-state index contributed by atoms with van der Waals surface area (Å²) in [4.78, 5) is 13.2. The van der Waals surface area contributed by atoms with Crippen LogP contribution in [0.25, 0.3) is 23.2 Å². The molecule has 7 heteroatoms. The van der Waals surface area contributed by atoms with Gasteiger partial charge in [-0.3, -0.25) is 4.79 Å². The molecular formula is C23H21N5O2. The number of nitrogens with one attached hydrogen (secondary N) is 1. The summed E-state index contributed by atoms with van der Waals surface area (Å²) in [5, 5.41) is 14.9. The lowest BCUT2D eigenvalue weighted by molar-refractivity contribution is -0.111. The van der Waals surface area contributed by atoms with E-state index in [1.807, 2.05) is 54.6 Å². The fourth-order valence-electron chi connectivity index (χ4n) is 2.99. The second kappa shape index (κ2) is 8.57. The minimum atomic E-state index is -0.354. The quantitative estimate of drug-likeness (QED) is 0.475. The Morgan fingerprint density at radius 2 is 1.80 bits per heavy atom. The maximum Gasteiger partial charge on any atom is 0.274 e. The van der Waals surface area contributed by atoms with Crippen LogP contribution in [-0.2, 0) is 4.79 Å². The van der Waals surface area contributed by atoms with Gasteiger partial charge in [0.1, 0.15) is 11.5 Å². The number of hydrogen-bond acceptors (Lipinski definition) is 5. The third-order valence-corrected chi connectivity index (χ3v) is 4.62. The summed E-state index contributed by atoms with van der Waals surface area (Å²) >= 11 is 0. The lowest BCUT2D eigenvalue weighted by atomic mass is 10.0. The molecule has 0 unspecified atom stereocenters. The van der Waals surface area contributed by atoms with Gasteiger partial charge in [0.2, 0.25) is 0 Å². The Morgan fingerprint density at radius 1 is 1.03 bits per heavy atom. The molecule has 0 saturated carbocycles. The first-order valence-corrected chi connectivity index (χ1v) is 9.62. The molecule has 0 spiro atoms. The number of furan rings is 1. The Balaban J connectivity index is 1.70. The van der Waals surface area contributed by atoms with Crippen LogP contribution in [0.4, 0.5) is 5.69 Å². The Labute approximate surface area is 174 Å². The number of amides is 1. The lowest BCUT2D eigenvalue weighted by Crippen LogP contribution is -2.19. The molecule has 2 aromatic heterocycles. The van der Waals surface area contributed by atoms with E-state index in [9.17, 15) is 4.79 Å². The average molecular weight is 399 g/mol. The molecule has 0 saturated heterocycles. The first-order valence-electron chi connectivity index (χ1n) is 9.62. The average Bonchev–Trinajstić information content (AvgIpc) is 3.45. The van der Waals surface area contributed by atoms with E-state index in [0.29, 0.717) is 23.2 Å². The molecule has 0 fully saturated rings. The monoisotopic (exact) mass is 399 g/mol. The van der Waals surface area contributed by atoms with Crippen LogP contribution in [0.2, 0.25) is 0 Å². The van der Waals surface area contributed by atoms with Crippen LogP contribution < -0.4 is 5.32 Å². The summed E-state index contributed by atoms with van der Waals surface area (Å²) in [6, 6.07) is 20.7. The summed E-state index contributed by atoms with van der Waals surface area (Å²) in [6.45, 7) is 4.25. The molecule has 30 heavy (non-hydrogen) atoms. The maximum absolute atomic E-state index is 13.2. The van der Waals surface area contributed by atoms with Crippen LogP contribution in [0, 0.1) is 0 Å². The highest BCUT2D eigenvalue weighted by atomic mass is 16.3. The third-order valence-electron chi connectivity index (χ3n) is 4.62. The van der Waals surface area contributed by atoms with E-state index in [4.69, 9.17) is 4.42 Å². The number of nitrogens with zero attached hydrogens (tertiary/aromatic N) is 4. The molecule has 2 heterocycles. The van der Waals surface area contributed by atoms with Crippen molar-refractivity contribution in [2.75, 3.05) is 5.32 Å². The molecule has 0 aliphatic heterocycles. The smallest absolute Gasteiger partial charge is 0.274 e. The maximum atomic E-state index is 13.2. The summed E-state index contributed by atoms with van der Waals surface area (Å²) in [5.74, 6) is 1.04. The van der Waals surface area contributed by atoms with E-state index in [2.05, 4.69) is 34.7 Å². The van der Waals surface area contributed by atoms with Gasteiger partial charge < -0.3 is 9.73 Å². The van der Waals surface area contributed by atoms with E-state index in [0.717, 1.165) is 5.56 Å². The van der Waals surface area contributed by atoms with E-state index in [-0.39, 0.29) is 11.6 Å². The number of tetrazole rings is 1. The number of aromatic nitrogens is 4. The highest BCUT2D eigenvalue weighted by Gasteiger charge is 2.20. The molecule has 0 bridgehead atoms. The van der Waals surface area contributed by atoms with Gasteiger partial charge in [0.05, 0.1) is 6.26 Å². The molecular weight excluding hydrogens is 378 g/mol. The fourth-order valence-corrected chi connectivity index (χ4v) is 2.99. The molecule has 0 aliphatic rings. The van der Waals surface area contributed by atoms with Crippen molar-refractivity contribution in [3.8, 4) is 11.4 Å². The van der Waals surface area contributed by atoms with Gasteiger partial charge in [-0.25, -0.2) is 0 Å². The van der Waals surface area contributed by atoms with Gasteiger partial charge in [-0.1, -0.05) is 56.3 Å². The fraction of sp³-hybridized carbons (Fsp3) is 0.130. The zero-order valence-electron chi connectivity index (χ0n) is 16.7. The molecule has 150 valence electrons. The minimum Gasteiger partial charge on any atom is -0.465 e. The molecule has 4 rings (SSSR count). The van der Waals surface area contributed by atoms with Crippen molar-refractivity contribution in [2.24, 2.45) is 0 Å². The minimum absolute atomic E-state index is 0.238. The van der Waals surface area contributed by atoms with E-state index >= 15 is 0 Å². The first kappa shape index (κ1) is 19.3. The summed E-state index contributed by atoms with van der Waals surface area (Å²) in [6.07, 6.45) is 3.16. The lowest BCUT2D eigenvalue weighted by Gasteiger charge is -2.11. The molecule has 1 N–H and O–H groups in total. The van der Waals surface area contributed by atoms with Crippen LogP contribution in [0.15, 0.2) is 77.4 Å². The normalized spacial score (nSPS) is 11.6. The van der Waals surface area contributed by atoms with Crippen molar-refractivity contribution in [3.63, 3.8) is 0 Å². The topological polar surface area (TPSA) is 85.8 Å². The zero-order chi connectivity index (χ0) is 20.9. The molecule has 0 radical (unpaired) electrons. The molecule has 2 aromatic carbocycles. The van der Waals surface area contributed by atoms with Gasteiger partial charge in [-0.2, -0.15) is 4.68 Å². The molecule has 4 aromatic rings. The van der Waals surface area contributed by atoms with Gasteiger partial charge in [-0.15, -0.1) is 5.10 Å². The van der Waals surface area contributed by atoms with Crippen molar-refractivity contribution in [1.82, 2.24) is 20.2 Å². The van der Waals surface area contributed by atoms with Crippen LogP contribution in [0.3, 0.4) is 0 Å². The Bertz CT molecular complexity index is 1140. The summed E-state index contributed by atoms with van der Waals surface area (Å²) in [5.41, 5.74) is 2.92. The van der Waals surface area contributed by atoms with Crippen LogP contribution in [0.5, 0.6) is 0 Å². The number of carbonyl (C=O) groups excluding carboxylic acids is 1. The molecule has 0 atom stereocenters. The van der Waals surface area contributed by atoms with Crippen LogP contribution in [0.1, 0.15) is 31.1 Å². The van der Waals surface area contributed by atoms with E-state index < -0.39 is 0 Å². The van der Waals surface area contributed by atoms with Gasteiger partial charge in [0.25, 0.3) is 5.91 Å². The summed E-state index contributed by atoms with van der Waals surface area (Å²) in [7, 11) is 0. The highest BCUT2D eigenvalue weighted by molar-refractivity contribution is 6.24. The van der Waals surface area contributed by atoms with Gasteiger partial charge >= 0.3 is 0 Å². The Morgan fingerprint density at radius 3 is 2.47 bits per heavy atom. The van der Waals surface area contributed by atoms with Gasteiger partial charge in [0, 0.05) is 17.3 Å². The van der Waals surface area contributed by atoms with Crippen molar-refractivity contribution in [3.05, 3.63) is 84.3 Å². The number of rotatable bonds is 6. The largest absolute Gasteiger partial charge is 0.465 e. The SMILES string of the molecule is CC(C)c1ccc(NC(=O)C(=Cc2ccco2)n2nnnc2-c2ccccc2)cc1. The predicted molar refractivity (Wildman–Crippen MR) is 115 cm³/mol. The summed E-state index contributed by atoms with van der Waals surface area (Å²) < 4.78 is 6.82. The van der Waals surface area contributed by atoms with Crippen LogP contribution in [-0.4, -0.2) is 26.1 Å². The molecule has 0 aliphatic carbocycles. The van der Waals surface area contributed by atoms with Crippen molar-refractivity contribution in [2.45, 2.75) is 19.8 Å². The Hall–Kier alpha value is -4.00. The Kier molecular flexibility index (Phi) is 5.52. The number of carbonyl (C=O) groups is 1. The van der Waals surface area contributed by atoms with E-state index in [1.54, 1.807) is 24.5 Å². The predicted octanol–water partition coefficient (Wildman–Crippen LogP) is 4.69. The second-order valence-electron chi connectivity index (χ2n) is 7.06. The first-order chi connectivity index (χ1) is 14.6. The third kappa shape index (κ3) is 4.20. The molecule has 7 nitrogen and oxygen atoms in total. The zero-order valence-corrected chi connectivity index (χ0v) is 16.7. The second-order valence-corrected chi connectivity index (χ2v) is 7.06. The van der Waals surface area contributed by atoms with Crippen molar-refractivity contribution >= 4 is 23.4 Å². The van der Waals surface area contributed by atoms with E-state index in [1.165, 1.54) is 10.2 Å². The van der Waals surface area contributed by atoms with Crippen molar-refractivity contribution < 1.29 is 9.21 Å². The molecule has 1 amide bonds.